The van der Waals surface area contributed by atoms with E-state index in [9.17, 15) is 4.79 Å². The third kappa shape index (κ3) is 2.52. The van der Waals surface area contributed by atoms with Crippen LogP contribution in [0.5, 0.6) is 0 Å². The monoisotopic (exact) mass is 297 g/mol. The van der Waals surface area contributed by atoms with Crippen LogP contribution in [-0.2, 0) is 4.79 Å². The van der Waals surface area contributed by atoms with Gasteiger partial charge in [0.2, 0.25) is 0 Å². The molecule has 3 N–H and O–H groups in total. The van der Waals surface area contributed by atoms with Gasteiger partial charge >= 0.3 is 0 Å². The third-order valence-corrected chi connectivity index (χ3v) is 3.71. The molecule has 0 unspecified atom stereocenters. The number of nitrogens with one attached hydrogen (secondary N) is 1. The number of hydrogen-bond donors (Lipinski definition) is 2. The van der Waals surface area contributed by atoms with Gasteiger partial charge in [-0.2, -0.15) is 0 Å². The Balaban J connectivity index is 0.00000133. The Bertz CT molecular complexity index is 641. The van der Waals surface area contributed by atoms with Crippen molar-refractivity contribution in [3.05, 3.63) is 29.7 Å². The number of rotatable bonds is 2. The predicted molar refractivity (Wildman–Crippen MR) is 78.2 cm³/mol. The van der Waals surface area contributed by atoms with Crippen molar-refractivity contribution in [3.63, 3.8) is 0 Å². The number of fused-ring (bicyclic) bond motifs is 1. The molecule has 0 aromatic carbocycles. The van der Waals surface area contributed by atoms with Crippen molar-refractivity contribution in [1.82, 2.24) is 15.0 Å². The van der Waals surface area contributed by atoms with E-state index in [1.807, 2.05) is 17.2 Å². The highest BCUT2D eigenvalue weighted by Gasteiger charge is 2.18. The molecule has 3 rings (SSSR count). The summed E-state index contributed by atoms with van der Waals surface area (Å²) in [5.74, 6) is 1.20. The summed E-state index contributed by atoms with van der Waals surface area (Å²) in [7, 11) is 0. The summed E-state index contributed by atoms with van der Waals surface area (Å²) in [6, 6.07) is 1.92. The highest BCUT2D eigenvalue weighted by molar-refractivity contribution is 8.04. The number of aromatic amines is 1. The van der Waals surface area contributed by atoms with Gasteiger partial charge in [-0.05, 0) is 6.07 Å². The number of anilines is 1. The minimum atomic E-state index is -0.399. The maximum atomic E-state index is 11.2. The number of halogens is 1. The molecule has 1 amide bonds. The second kappa shape index (κ2) is 5.50. The van der Waals surface area contributed by atoms with Gasteiger partial charge in [0.15, 0.2) is 0 Å². The first-order valence-corrected chi connectivity index (χ1v) is 6.43. The number of amides is 1. The van der Waals surface area contributed by atoms with E-state index in [1.165, 1.54) is 18.1 Å². The molecule has 1 aliphatic rings. The fourth-order valence-electron chi connectivity index (χ4n) is 1.89. The molecule has 8 heteroatoms. The highest BCUT2D eigenvalue weighted by atomic mass is 35.5. The zero-order chi connectivity index (χ0) is 12.5. The van der Waals surface area contributed by atoms with E-state index < -0.39 is 5.91 Å². The first-order valence-electron chi connectivity index (χ1n) is 5.45. The van der Waals surface area contributed by atoms with E-state index >= 15 is 0 Å². The number of primary amides is 1. The van der Waals surface area contributed by atoms with Gasteiger partial charge in [-0.1, -0.05) is 0 Å². The molecule has 0 atom stereocenters. The van der Waals surface area contributed by atoms with Crippen molar-refractivity contribution in [2.24, 2.45) is 5.73 Å². The smallest absolute Gasteiger partial charge is 0.256 e. The average Bonchev–Trinajstić information content (AvgIpc) is 2.87. The molecule has 0 aliphatic carbocycles. The lowest BCUT2D eigenvalue weighted by molar-refractivity contribution is -0.113. The van der Waals surface area contributed by atoms with E-state index in [4.69, 9.17) is 5.73 Å². The zero-order valence-electron chi connectivity index (χ0n) is 9.87. The lowest BCUT2D eigenvalue weighted by Gasteiger charge is -2.24. The molecule has 100 valence electrons. The molecule has 2 aromatic heterocycles. The topological polar surface area (TPSA) is 87.9 Å². The number of carbonyl (C=O) groups is 1. The summed E-state index contributed by atoms with van der Waals surface area (Å²) in [6.45, 7) is 0.790. The molecule has 0 radical (unpaired) electrons. The Labute approximate surface area is 119 Å². The van der Waals surface area contributed by atoms with Crippen molar-refractivity contribution in [2.75, 3.05) is 17.2 Å². The van der Waals surface area contributed by atoms with Crippen LogP contribution in [0.4, 0.5) is 5.82 Å². The van der Waals surface area contributed by atoms with Gasteiger partial charge in [0.1, 0.15) is 17.8 Å². The van der Waals surface area contributed by atoms with Crippen molar-refractivity contribution in [3.8, 4) is 0 Å². The van der Waals surface area contributed by atoms with Crippen LogP contribution in [-0.4, -0.2) is 33.2 Å². The summed E-state index contributed by atoms with van der Waals surface area (Å²) < 4.78 is 0. The molecule has 0 saturated heterocycles. The Morgan fingerprint density at radius 3 is 3.11 bits per heavy atom. The third-order valence-electron chi connectivity index (χ3n) is 2.71. The Hall–Kier alpha value is -1.73. The fourth-order valence-corrected chi connectivity index (χ4v) is 2.74. The first-order chi connectivity index (χ1) is 8.75. The summed E-state index contributed by atoms with van der Waals surface area (Å²) in [6.07, 6.45) is 5.08. The number of nitrogens with two attached hydrogens (primary N) is 1. The lowest BCUT2D eigenvalue weighted by Crippen LogP contribution is -2.27. The van der Waals surface area contributed by atoms with Gasteiger partial charge in [-0.15, -0.1) is 24.2 Å². The summed E-state index contributed by atoms with van der Waals surface area (Å²) >= 11 is 1.47. The highest BCUT2D eigenvalue weighted by Crippen LogP contribution is 2.28. The number of thioether (sulfide) groups is 1. The fraction of sp³-hybridized carbons (Fsp3) is 0.182. The van der Waals surface area contributed by atoms with Gasteiger partial charge in [0.25, 0.3) is 5.91 Å². The molecule has 0 bridgehead atoms. The van der Waals surface area contributed by atoms with Gasteiger partial charge in [0.05, 0.1) is 10.3 Å². The van der Waals surface area contributed by atoms with Gasteiger partial charge < -0.3 is 15.6 Å². The molecule has 0 saturated carbocycles. The van der Waals surface area contributed by atoms with Crippen LogP contribution in [0.1, 0.15) is 0 Å². The van der Waals surface area contributed by atoms with Gasteiger partial charge in [-0.3, -0.25) is 4.79 Å². The van der Waals surface area contributed by atoms with E-state index in [1.54, 1.807) is 6.20 Å². The Morgan fingerprint density at radius 1 is 1.47 bits per heavy atom. The van der Waals surface area contributed by atoms with Crippen LogP contribution in [0.2, 0.25) is 0 Å². The molecule has 19 heavy (non-hydrogen) atoms. The second-order valence-corrected chi connectivity index (χ2v) is 4.97. The SMILES string of the molecule is Cl.NC(=O)C1=CN(c2ncnc3[nH]ccc23)CCS1. The predicted octanol–water partition coefficient (Wildman–Crippen LogP) is 1.26. The molecule has 2 aromatic rings. The summed E-state index contributed by atoms with van der Waals surface area (Å²) in [4.78, 5) is 25.2. The van der Waals surface area contributed by atoms with Crippen molar-refractivity contribution >= 4 is 46.9 Å². The second-order valence-electron chi connectivity index (χ2n) is 3.84. The molecular weight excluding hydrogens is 286 g/mol. The first kappa shape index (κ1) is 13.7. The maximum Gasteiger partial charge on any atom is 0.256 e. The minimum Gasteiger partial charge on any atom is -0.365 e. The van der Waals surface area contributed by atoms with E-state index in [0.717, 1.165) is 29.1 Å². The number of carbonyl (C=O) groups excluding carboxylic acids is 1. The number of H-pyrrole nitrogens is 1. The molecular formula is C11H12ClN5OS. The van der Waals surface area contributed by atoms with Crippen LogP contribution >= 0.6 is 24.2 Å². The van der Waals surface area contributed by atoms with Crippen LogP contribution in [0, 0.1) is 0 Å². The number of aromatic nitrogens is 3. The standard InChI is InChI=1S/C11H11N5OS.ClH/c12-9(17)8-5-16(3-4-18-8)11-7-1-2-13-10(7)14-6-15-11;/h1-2,5-6H,3-4H2,(H2,12,17)(H,13,14,15);1H. The van der Waals surface area contributed by atoms with Gasteiger partial charge in [-0.25, -0.2) is 9.97 Å². The quantitative estimate of drug-likeness (QED) is 0.871. The van der Waals surface area contributed by atoms with Crippen molar-refractivity contribution < 1.29 is 4.79 Å². The van der Waals surface area contributed by atoms with E-state index in [-0.39, 0.29) is 12.4 Å². The summed E-state index contributed by atoms with van der Waals surface area (Å²) in [5.41, 5.74) is 6.09. The Morgan fingerprint density at radius 2 is 2.32 bits per heavy atom. The average molecular weight is 298 g/mol. The number of nitrogens with zero attached hydrogens (tertiary/aromatic N) is 3. The maximum absolute atomic E-state index is 11.2. The van der Waals surface area contributed by atoms with Crippen molar-refractivity contribution in [2.45, 2.75) is 0 Å². The molecule has 6 nitrogen and oxygen atoms in total. The Kier molecular flexibility index (Phi) is 3.96. The largest absolute Gasteiger partial charge is 0.365 e. The molecule has 3 heterocycles. The van der Waals surface area contributed by atoms with E-state index in [0.29, 0.717) is 4.91 Å². The molecule has 0 spiro atoms. The molecule has 0 fully saturated rings. The summed E-state index contributed by atoms with van der Waals surface area (Å²) in [5, 5.41) is 0.935. The van der Waals surface area contributed by atoms with Crippen LogP contribution in [0.25, 0.3) is 11.0 Å². The minimum absolute atomic E-state index is 0. The normalized spacial score (nSPS) is 14.9. The number of hydrogen-bond acceptors (Lipinski definition) is 5. The van der Waals surface area contributed by atoms with Gasteiger partial charge in [0, 0.05) is 24.7 Å². The zero-order valence-corrected chi connectivity index (χ0v) is 11.5. The van der Waals surface area contributed by atoms with Crippen LogP contribution < -0.4 is 10.6 Å². The lowest BCUT2D eigenvalue weighted by atomic mass is 10.3. The molecule has 1 aliphatic heterocycles. The van der Waals surface area contributed by atoms with Crippen LogP contribution in [0.15, 0.2) is 29.7 Å². The van der Waals surface area contributed by atoms with Crippen LogP contribution in [0.3, 0.4) is 0 Å². The van der Waals surface area contributed by atoms with Crippen molar-refractivity contribution in [1.29, 1.82) is 0 Å². The van der Waals surface area contributed by atoms with E-state index in [2.05, 4.69) is 15.0 Å².